The third-order valence-electron chi connectivity index (χ3n) is 4.02. The zero-order chi connectivity index (χ0) is 16.3. The standard InChI is InChI=1S/C15H22N2O4S/c1-11-4-5-14(13(10-11)15(18)21-3)22(19,20)17(2)12-6-8-16-9-7-12/h4-5,10,12,16H,6-9H2,1-3H3. The molecule has 0 atom stereocenters. The molecule has 1 aromatic carbocycles. The number of methoxy groups -OCH3 is 1. The van der Waals surface area contributed by atoms with Gasteiger partial charge in [-0.05, 0) is 45.0 Å². The highest BCUT2D eigenvalue weighted by Crippen LogP contribution is 2.25. The van der Waals surface area contributed by atoms with Gasteiger partial charge in [-0.2, -0.15) is 4.31 Å². The molecule has 0 aromatic heterocycles. The summed E-state index contributed by atoms with van der Waals surface area (Å²) >= 11 is 0. The van der Waals surface area contributed by atoms with Gasteiger partial charge in [-0.15, -0.1) is 0 Å². The van der Waals surface area contributed by atoms with Gasteiger partial charge < -0.3 is 10.1 Å². The lowest BCUT2D eigenvalue weighted by Gasteiger charge is -2.31. The molecule has 0 amide bonds. The minimum atomic E-state index is -3.74. The number of hydrogen-bond donors (Lipinski definition) is 1. The fraction of sp³-hybridized carbons (Fsp3) is 0.533. The highest BCUT2D eigenvalue weighted by atomic mass is 32.2. The largest absolute Gasteiger partial charge is 0.465 e. The van der Waals surface area contributed by atoms with E-state index < -0.39 is 16.0 Å². The van der Waals surface area contributed by atoms with Crippen LogP contribution in [-0.2, 0) is 14.8 Å². The molecule has 0 spiro atoms. The van der Waals surface area contributed by atoms with Gasteiger partial charge in [0.1, 0.15) is 0 Å². The van der Waals surface area contributed by atoms with E-state index in [4.69, 9.17) is 4.74 Å². The minimum absolute atomic E-state index is 0.00554. The number of hydrogen-bond acceptors (Lipinski definition) is 5. The van der Waals surface area contributed by atoms with Gasteiger partial charge >= 0.3 is 5.97 Å². The molecule has 1 aliphatic heterocycles. The number of carbonyl (C=O) groups is 1. The quantitative estimate of drug-likeness (QED) is 0.840. The average molecular weight is 326 g/mol. The first-order chi connectivity index (χ1) is 10.4. The molecule has 0 saturated carbocycles. The maximum atomic E-state index is 12.9. The van der Waals surface area contributed by atoms with Crippen molar-refractivity contribution in [3.8, 4) is 0 Å². The van der Waals surface area contributed by atoms with Crippen molar-refractivity contribution in [3.63, 3.8) is 0 Å². The van der Waals surface area contributed by atoms with E-state index in [0.717, 1.165) is 31.5 Å². The molecule has 22 heavy (non-hydrogen) atoms. The molecular formula is C15H22N2O4S. The van der Waals surface area contributed by atoms with Gasteiger partial charge in [-0.25, -0.2) is 13.2 Å². The Morgan fingerprint density at radius 2 is 1.95 bits per heavy atom. The highest BCUT2D eigenvalue weighted by molar-refractivity contribution is 7.89. The summed E-state index contributed by atoms with van der Waals surface area (Å²) in [4.78, 5) is 11.9. The van der Waals surface area contributed by atoms with Gasteiger partial charge in [0.05, 0.1) is 17.6 Å². The smallest absolute Gasteiger partial charge is 0.339 e. The first-order valence-electron chi connectivity index (χ1n) is 7.25. The van der Waals surface area contributed by atoms with Crippen LogP contribution in [0.4, 0.5) is 0 Å². The number of ether oxygens (including phenoxy) is 1. The predicted molar refractivity (Wildman–Crippen MR) is 83.4 cm³/mol. The molecule has 0 aliphatic carbocycles. The number of sulfonamides is 1. The maximum absolute atomic E-state index is 12.9. The molecule has 1 aliphatic rings. The number of esters is 1. The van der Waals surface area contributed by atoms with Crippen LogP contribution in [0.15, 0.2) is 23.1 Å². The first kappa shape index (κ1) is 16.9. The van der Waals surface area contributed by atoms with E-state index in [0.29, 0.717) is 0 Å². The van der Waals surface area contributed by atoms with Crippen LogP contribution in [0, 0.1) is 6.92 Å². The van der Waals surface area contributed by atoms with Crippen LogP contribution in [0.2, 0.25) is 0 Å². The van der Waals surface area contributed by atoms with Crippen molar-refractivity contribution in [2.45, 2.75) is 30.7 Å². The summed E-state index contributed by atoms with van der Waals surface area (Å²) < 4.78 is 31.9. The monoisotopic (exact) mass is 326 g/mol. The maximum Gasteiger partial charge on any atom is 0.339 e. The van der Waals surface area contributed by atoms with Crippen LogP contribution in [-0.4, -0.2) is 52.0 Å². The molecule has 7 heteroatoms. The number of benzene rings is 1. The second-order valence-corrected chi connectivity index (χ2v) is 7.46. The predicted octanol–water partition coefficient (Wildman–Crippen LogP) is 1.15. The van der Waals surface area contributed by atoms with E-state index in [2.05, 4.69) is 5.32 Å². The Balaban J connectivity index is 2.42. The fourth-order valence-electron chi connectivity index (χ4n) is 2.66. The number of carbonyl (C=O) groups excluding carboxylic acids is 1. The van der Waals surface area contributed by atoms with Crippen LogP contribution in [0.1, 0.15) is 28.8 Å². The molecule has 0 radical (unpaired) electrons. The number of nitrogens with one attached hydrogen (secondary N) is 1. The summed E-state index contributed by atoms with van der Waals surface area (Å²) in [6.45, 7) is 3.39. The third-order valence-corrected chi connectivity index (χ3v) is 5.99. The van der Waals surface area contributed by atoms with Gasteiger partial charge in [-0.1, -0.05) is 11.6 Å². The molecule has 0 bridgehead atoms. The topological polar surface area (TPSA) is 75.7 Å². The molecule has 6 nitrogen and oxygen atoms in total. The molecular weight excluding hydrogens is 304 g/mol. The number of nitrogens with zero attached hydrogens (tertiary/aromatic N) is 1. The van der Waals surface area contributed by atoms with E-state index in [1.54, 1.807) is 26.1 Å². The average Bonchev–Trinajstić information content (AvgIpc) is 2.53. The van der Waals surface area contributed by atoms with Gasteiger partial charge in [0.15, 0.2) is 0 Å². The van der Waals surface area contributed by atoms with Crippen LogP contribution in [0.25, 0.3) is 0 Å². The summed E-state index contributed by atoms with van der Waals surface area (Å²) in [7, 11) is -0.913. The summed E-state index contributed by atoms with van der Waals surface area (Å²) in [5, 5.41) is 3.21. The Bertz CT molecular complexity index is 652. The molecule has 122 valence electrons. The van der Waals surface area contributed by atoms with Crippen molar-refractivity contribution in [3.05, 3.63) is 29.3 Å². The summed E-state index contributed by atoms with van der Waals surface area (Å²) in [5.41, 5.74) is 0.896. The lowest BCUT2D eigenvalue weighted by atomic mass is 10.1. The van der Waals surface area contributed by atoms with E-state index in [1.807, 2.05) is 0 Å². The lowest BCUT2D eigenvalue weighted by molar-refractivity contribution is 0.0596. The van der Waals surface area contributed by atoms with Crippen molar-refractivity contribution < 1.29 is 17.9 Å². The van der Waals surface area contributed by atoms with Crippen LogP contribution in [0.3, 0.4) is 0 Å². The zero-order valence-corrected chi connectivity index (χ0v) is 13.9. The summed E-state index contributed by atoms with van der Waals surface area (Å²) in [6, 6.07) is 4.66. The van der Waals surface area contributed by atoms with Crippen molar-refractivity contribution >= 4 is 16.0 Å². The summed E-state index contributed by atoms with van der Waals surface area (Å²) in [6.07, 6.45) is 1.52. The molecule has 2 rings (SSSR count). The van der Waals surface area contributed by atoms with Crippen molar-refractivity contribution in [1.82, 2.24) is 9.62 Å². The van der Waals surface area contributed by atoms with E-state index in [1.165, 1.54) is 17.5 Å². The fourth-order valence-corrected chi connectivity index (χ4v) is 4.23. The Morgan fingerprint density at radius 3 is 2.55 bits per heavy atom. The molecule has 1 aromatic rings. The number of aryl methyl sites for hydroxylation is 1. The van der Waals surface area contributed by atoms with E-state index in [-0.39, 0.29) is 16.5 Å². The molecule has 1 fully saturated rings. The number of rotatable bonds is 4. The van der Waals surface area contributed by atoms with Gasteiger partial charge in [0.25, 0.3) is 0 Å². The van der Waals surface area contributed by atoms with Crippen molar-refractivity contribution in [2.24, 2.45) is 0 Å². The van der Waals surface area contributed by atoms with E-state index >= 15 is 0 Å². The minimum Gasteiger partial charge on any atom is -0.465 e. The van der Waals surface area contributed by atoms with Crippen LogP contribution < -0.4 is 5.32 Å². The number of piperidine rings is 1. The molecule has 0 unspecified atom stereocenters. The SMILES string of the molecule is COC(=O)c1cc(C)ccc1S(=O)(=O)N(C)C1CCNCC1. The highest BCUT2D eigenvalue weighted by Gasteiger charge is 2.32. The van der Waals surface area contributed by atoms with Crippen molar-refractivity contribution in [1.29, 1.82) is 0 Å². The Labute approximate surface area is 131 Å². The zero-order valence-electron chi connectivity index (χ0n) is 13.1. The Hall–Kier alpha value is -1.44. The van der Waals surface area contributed by atoms with E-state index in [9.17, 15) is 13.2 Å². The van der Waals surface area contributed by atoms with Gasteiger partial charge in [0, 0.05) is 13.1 Å². The van der Waals surface area contributed by atoms with Crippen LogP contribution >= 0.6 is 0 Å². The lowest BCUT2D eigenvalue weighted by Crippen LogP contribution is -2.44. The molecule has 1 heterocycles. The summed E-state index contributed by atoms with van der Waals surface area (Å²) in [5.74, 6) is -0.638. The molecule has 1 saturated heterocycles. The van der Waals surface area contributed by atoms with Crippen LogP contribution in [0.5, 0.6) is 0 Å². The Kier molecular flexibility index (Phi) is 5.20. The second kappa shape index (κ2) is 6.76. The van der Waals surface area contributed by atoms with Gasteiger partial charge in [-0.3, -0.25) is 0 Å². The first-order valence-corrected chi connectivity index (χ1v) is 8.69. The Morgan fingerprint density at radius 1 is 1.32 bits per heavy atom. The van der Waals surface area contributed by atoms with Gasteiger partial charge in [0.2, 0.25) is 10.0 Å². The molecule has 1 N–H and O–H groups in total. The third kappa shape index (κ3) is 3.31. The normalized spacial score (nSPS) is 16.7. The second-order valence-electron chi connectivity index (χ2n) is 5.49. The van der Waals surface area contributed by atoms with Crippen molar-refractivity contribution in [2.75, 3.05) is 27.2 Å².